The highest BCUT2D eigenvalue weighted by Crippen LogP contribution is 2.24. The molecule has 1 aromatic carbocycles. The van der Waals surface area contributed by atoms with Crippen LogP contribution in [-0.4, -0.2) is 22.8 Å². The fourth-order valence-electron chi connectivity index (χ4n) is 1.77. The molecule has 1 amide bonds. The molecule has 0 radical (unpaired) electrons. The van der Waals surface area contributed by atoms with Crippen molar-refractivity contribution in [1.82, 2.24) is 0 Å². The van der Waals surface area contributed by atoms with Crippen molar-refractivity contribution in [2.24, 2.45) is 0 Å². The zero-order chi connectivity index (χ0) is 12.4. The molecule has 0 bridgehead atoms. The molecule has 1 aromatic rings. The summed E-state index contributed by atoms with van der Waals surface area (Å²) >= 11 is 0. The molecule has 1 aliphatic rings. The zero-order valence-corrected chi connectivity index (χ0v) is 9.03. The summed E-state index contributed by atoms with van der Waals surface area (Å²) in [6.45, 7) is 0. The third-order valence-electron chi connectivity index (χ3n) is 2.62. The molecule has 0 atom stereocenters. The minimum absolute atomic E-state index is 0.0184. The van der Waals surface area contributed by atoms with Gasteiger partial charge in [0.15, 0.2) is 5.78 Å². The Balaban J connectivity index is 2.13. The fraction of sp³-hybridized carbons (Fsp3) is 0.250. The maximum absolute atomic E-state index is 11.7. The number of ketones is 1. The van der Waals surface area contributed by atoms with Gasteiger partial charge in [0, 0.05) is 17.7 Å². The van der Waals surface area contributed by atoms with E-state index in [9.17, 15) is 14.4 Å². The number of aliphatic carboxylic acids is 1. The van der Waals surface area contributed by atoms with E-state index in [1.165, 1.54) is 0 Å². The lowest BCUT2D eigenvalue weighted by Crippen LogP contribution is -2.04. The van der Waals surface area contributed by atoms with Crippen LogP contribution in [0.4, 0.5) is 5.69 Å². The quantitative estimate of drug-likeness (QED) is 0.766. The van der Waals surface area contributed by atoms with Crippen molar-refractivity contribution in [3.05, 3.63) is 29.3 Å². The number of amides is 1. The van der Waals surface area contributed by atoms with Crippen LogP contribution in [0.25, 0.3) is 0 Å². The number of carboxylic acid groups (broad SMARTS) is 1. The predicted octanol–water partition coefficient (Wildman–Crippen LogP) is 1.23. The van der Waals surface area contributed by atoms with E-state index in [1.54, 1.807) is 18.2 Å². The highest BCUT2D eigenvalue weighted by Gasteiger charge is 2.19. The Morgan fingerprint density at radius 1 is 1.29 bits per heavy atom. The molecule has 0 aromatic heterocycles. The zero-order valence-electron chi connectivity index (χ0n) is 9.03. The standard InChI is InChI=1S/C12H11NO4/c14-10(3-4-12(16)17)7-1-2-9-8(5-7)6-11(15)13-9/h1-2,5H,3-4,6H2,(H,13,15)(H,16,17). The van der Waals surface area contributed by atoms with Gasteiger partial charge >= 0.3 is 5.97 Å². The molecule has 5 heteroatoms. The van der Waals surface area contributed by atoms with Crippen LogP contribution in [-0.2, 0) is 16.0 Å². The largest absolute Gasteiger partial charge is 0.481 e. The van der Waals surface area contributed by atoms with Crippen LogP contribution in [0.15, 0.2) is 18.2 Å². The van der Waals surface area contributed by atoms with Crippen LogP contribution in [0, 0.1) is 0 Å². The number of rotatable bonds is 4. The second-order valence-electron chi connectivity index (χ2n) is 3.91. The molecule has 88 valence electrons. The molecule has 2 rings (SSSR count). The first-order valence-electron chi connectivity index (χ1n) is 5.24. The fourth-order valence-corrected chi connectivity index (χ4v) is 1.77. The first-order chi connectivity index (χ1) is 8.06. The van der Waals surface area contributed by atoms with Gasteiger partial charge in [0.05, 0.1) is 12.8 Å². The Hall–Kier alpha value is -2.17. The normalized spacial score (nSPS) is 13.1. The molecule has 0 unspecified atom stereocenters. The van der Waals surface area contributed by atoms with Crippen molar-refractivity contribution < 1.29 is 19.5 Å². The Morgan fingerprint density at radius 2 is 2.06 bits per heavy atom. The van der Waals surface area contributed by atoms with E-state index in [4.69, 9.17) is 5.11 Å². The number of Topliss-reactive ketones (excluding diaryl/α,β-unsaturated/α-hetero) is 1. The number of benzene rings is 1. The van der Waals surface area contributed by atoms with Gasteiger partial charge in [0.25, 0.3) is 0 Å². The van der Waals surface area contributed by atoms with E-state index < -0.39 is 5.97 Å². The summed E-state index contributed by atoms with van der Waals surface area (Å²) in [5.74, 6) is -1.29. The third kappa shape index (κ3) is 2.50. The van der Waals surface area contributed by atoms with Gasteiger partial charge in [0.1, 0.15) is 0 Å². The van der Waals surface area contributed by atoms with Crippen LogP contribution in [0.3, 0.4) is 0 Å². The summed E-state index contributed by atoms with van der Waals surface area (Å²) in [6, 6.07) is 4.93. The van der Waals surface area contributed by atoms with Crippen LogP contribution < -0.4 is 5.32 Å². The van der Waals surface area contributed by atoms with Crippen LogP contribution >= 0.6 is 0 Å². The van der Waals surface area contributed by atoms with Crippen molar-refractivity contribution in [3.8, 4) is 0 Å². The third-order valence-corrected chi connectivity index (χ3v) is 2.62. The van der Waals surface area contributed by atoms with Crippen LogP contribution in [0.5, 0.6) is 0 Å². The number of carbonyl (C=O) groups is 3. The van der Waals surface area contributed by atoms with Crippen molar-refractivity contribution in [3.63, 3.8) is 0 Å². The maximum Gasteiger partial charge on any atom is 0.303 e. The van der Waals surface area contributed by atoms with Gasteiger partial charge < -0.3 is 10.4 Å². The van der Waals surface area contributed by atoms with E-state index in [2.05, 4.69) is 5.32 Å². The summed E-state index contributed by atoms with van der Waals surface area (Å²) < 4.78 is 0. The topological polar surface area (TPSA) is 83.5 Å². The highest BCUT2D eigenvalue weighted by atomic mass is 16.4. The Labute approximate surface area is 97.4 Å². The Morgan fingerprint density at radius 3 is 2.76 bits per heavy atom. The summed E-state index contributed by atoms with van der Waals surface area (Å²) in [4.78, 5) is 33.1. The number of fused-ring (bicyclic) bond motifs is 1. The van der Waals surface area contributed by atoms with Gasteiger partial charge in [-0.1, -0.05) is 0 Å². The first-order valence-corrected chi connectivity index (χ1v) is 5.24. The van der Waals surface area contributed by atoms with E-state index in [0.717, 1.165) is 11.3 Å². The SMILES string of the molecule is O=C(O)CCC(=O)c1ccc2c(c1)CC(=O)N2. The molecule has 0 saturated carbocycles. The molecule has 2 N–H and O–H groups in total. The van der Waals surface area contributed by atoms with Gasteiger partial charge in [-0.15, -0.1) is 0 Å². The number of hydrogen-bond donors (Lipinski definition) is 2. The van der Waals surface area contributed by atoms with E-state index in [1.807, 2.05) is 0 Å². The second kappa shape index (κ2) is 4.37. The molecule has 0 spiro atoms. The van der Waals surface area contributed by atoms with Crippen LogP contribution in [0.2, 0.25) is 0 Å². The lowest BCUT2D eigenvalue weighted by molar-refractivity contribution is -0.137. The van der Waals surface area contributed by atoms with E-state index in [-0.39, 0.29) is 31.0 Å². The van der Waals surface area contributed by atoms with Crippen molar-refractivity contribution in [1.29, 1.82) is 0 Å². The van der Waals surface area contributed by atoms with Crippen molar-refractivity contribution >= 4 is 23.3 Å². The van der Waals surface area contributed by atoms with Gasteiger partial charge in [-0.05, 0) is 23.8 Å². The summed E-state index contributed by atoms with van der Waals surface area (Å²) in [5, 5.41) is 11.2. The lowest BCUT2D eigenvalue weighted by atomic mass is 10.0. The summed E-state index contributed by atoms with van der Waals surface area (Å²) in [6.07, 6.45) is 0.0813. The van der Waals surface area contributed by atoms with Gasteiger partial charge in [-0.25, -0.2) is 0 Å². The molecule has 17 heavy (non-hydrogen) atoms. The summed E-state index contributed by atoms with van der Waals surface area (Å²) in [7, 11) is 0. The van der Waals surface area contributed by atoms with E-state index >= 15 is 0 Å². The van der Waals surface area contributed by atoms with Gasteiger partial charge in [-0.2, -0.15) is 0 Å². The number of hydrogen-bond acceptors (Lipinski definition) is 3. The van der Waals surface area contributed by atoms with Crippen LogP contribution in [0.1, 0.15) is 28.8 Å². The maximum atomic E-state index is 11.7. The molecule has 5 nitrogen and oxygen atoms in total. The average Bonchev–Trinajstić information content (AvgIpc) is 2.64. The van der Waals surface area contributed by atoms with E-state index in [0.29, 0.717) is 5.56 Å². The number of nitrogens with one attached hydrogen (secondary N) is 1. The molecular weight excluding hydrogens is 222 g/mol. The second-order valence-corrected chi connectivity index (χ2v) is 3.91. The minimum atomic E-state index is -0.989. The highest BCUT2D eigenvalue weighted by molar-refractivity contribution is 6.02. The molecule has 0 saturated heterocycles. The molecule has 1 heterocycles. The first kappa shape index (κ1) is 11.3. The molecule has 0 aliphatic carbocycles. The monoisotopic (exact) mass is 233 g/mol. The number of carbonyl (C=O) groups excluding carboxylic acids is 2. The molecule has 0 fully saturated rings. The number of carboxylic acids is 1. The lowest BCUT2D eigenvalue weighted by Gasteiger charge is -2.02. The Kier molecular flexibility index (Phi) is 2.91. The average molecular weight is 233 g/mol. The van der Waals surface area contributed by atoms with Crippen molar-refractivity contribution in [2.45, 2.75) is 19.3 Å². The molecular formula is C12H11NO4. The van der Waals surface area contributed by atoms with Gasteiger partial charge in [-0.3, -0.25) is 14.4 Å². The minimum Gasteiger partial charge on any atom is -0.481 e. The van der Waals surface area contributed by atoms with Gasteiger partial charge in [0.2, 0.25) is 5.91 Å². The van der Waals surface area contributed by atoms with Crippen molar-refractivity contribution in [2.75, 3.05) is 5.32 Å². The molecule has 1 aliphatic heterocycles. The number of anilines is 1. The predicted molar refractivity (Wildman–Crippen MR) is 60.0 cm³/mol. The summed E-state index contributed by atoms with van der Waals surface area (Å²) in [5.41, 5.74) is 1.97. The smallest absolute Gasteiger partial charge is 0.303 e. The Bertz CT molecular complexity index is 507.